The lowest BCUT2D eigenvalue weighted by molar-refractivity contribution is -0.121. The number of rotatable bonds is 10. The molecule has 3 rings (SSSR count). The van der Waals surface area contributed by atoms with Crippen molar-refractivity contribution in [1.29, 1.82) is 0 Å². The number of carbonyl (C=O) groups is 3. The van der Waals surface area contributed by atoms with E-state index >= 15 is 0 Å². The highest BCUT2D eigenvalue weighted by Crippen LogP contribution is 2.37. The minimum absolute atomic E-state index is 0.0122. The van der Waals surface area contributed by atoms with Crippen LogP contribution in [0.4, 0.5) is 11.4 Å². The Morgan fingerprint density at radius 2 is 1.63 bits per heavy atom. The van der Waals surface area contributed by atoms with Crippen molar-refractivity contribution in [2.24, 2.45) is 0 Å². The third-order valence-electron chi connectivity index (χ3n) is 5.55. The van der Waals surface area contributed by atoms with Gasteiger partial charge in [0.05, 0.1) is 13.0 Å². The number of methoxy groups -OCH3 is 1. The number of ether oxygens (including phenoxy) is 1. The number of aromatic hydroxyl groups is 2. The van der Waals surface area contributed by atoms with Crippen molar-refractivity contribution in [3.63, 3.8) is 0 Å². The number of aryl methyl sites for hydroxylation is 1. The smallest absolute Gasteiger partial charge is 0.227 e. The monoisotopic (exact) mass is 523 g/mol. The Hall–Kier alpha value is -4.80. The average molecular weight is 524 g/mol. The third-order valence-corrected chi connectivity index (χ3v) is 5.55. The number of carbonyl (C=O) groups excluding carboxylic acids is 3. The molecule has 0 aliphatic rings. The van der Waals surface area contributed by atoms with E-state index in [-0.39, 0.29) is 54.2 Å². The van der Waals surface area contributed by atoms with Gasteiger partial charge in [-0.1, -0.05) is 6.07 Å². The molecule has 1 aromatic heterocycles. The van der Waals surface area contributed by atoms with Gasteiger partial charge in [0.1, 0.15) is 5.76 Å². The van der Waals surface area contributed by atoms with Gasteiger partial charge in [-0.25, -0.2) is 0 Å². The Balaban J connectivity index is 1.67. The molecular weight excluding hydrogens is 494 g/mol. The fourth-order valence-electron chi connectivity index (χ4n) is 3.77. The first-order valence-corrected chi connectivity index (χ1v) is 11.7. The van der Waals surface area contributed by atoms with Crippen LogP contribution < -0.4 is 26.1 Å². The van der Waals surface area contributed by atoms with Gasteiger partial charge in [-0.05, 0) is 48.9 Å². The van der Waals surface area contributed by atoms with Gasteiger partial charge in [0.25, 0.3) is 0 Å². The Kier molecular flexibility index (Phi) is 9.09. The number of amides is 3. The number of hydrogen-bond donors (Lipinski definition) is 5. The lowest BCUT2D eigenvalue weighted by atomic mass is 9.91. The van der Waals surface area contributed by atoms with E-state index < -0.39 is 23.0 Å². The second-order valence-electron chi connectivity index (χ2n) is 8.53. The molecule has 0 bridgehead atoms. The van der Waals surface area contributed by atoms with Crippen LogP contribution in [0, 0.1) is 6.92 Å². The quantitative estimate of drug-likeness (QED) is 0.270. The van der Waals surface area contributed by atoms with Crippen molar-refractivity contribution in [3.8, 4) is 17.2 Å². The second kappa shape index (κ2) is 12.4. The zero-order chi connectivity index (χ0) is 27.8. The normalized spacial score (nSPS) is 11.3. The van der Waals surface area contributed by atoms with Crippen LogP contribution in [0.15, 0.2) is 57.7 Å². The zero-order valence-electron chi connectivity index (χ0n) is 21.2. The molecule has 3 aromatic rings. The molecule has 38 heavy (non-hydrogen) atoms. The van der Waals surface area contributed by atoms with Crippen LogP contribution in [0.2, 0.25) is 0 Å². The third kappa shape index (κ3) is 7.36. The molecule has 2 aromatic carbocycles. The van der Waals surface area contributed by atoms with Crippen LogP contribution in [0.5, 0.6) is 17.2 Å². The van der Waals surface area contributed by atoms with E-state index in [4.69, 9.17) is 9.15 Å². The Labute approximate surface area is 218 Å². The summed E-state index contributed by atoms with van der Waals surface area (Å²) in [4.78, 5) is 48.4. The molecule has 0 saturated carbocycles. The van der Waals surface area contributed by atoms with Gasteiger partial charge in [0.15, 0.2) is 17.3 Å². The second-order valence-corrected chi connectivity index (χ2v) is 8.53. The zero-order valence-corrected chi connectivity index (χ0v) is 21.2. The Morgan fingerprint density at radius 3 is 2.26 bits per heavy atom. The summed E-state index contributed by atoms with van der Waals surface area (Å²) >= 11 is 0. The highest BCUT2D eigenvalue weighted by atomic mass is 16.5. The van der Waals surface area contributed by atoms with Gasteiger partial charge >= 0.3 is 0 Å². The van der Waals surface area contributed by atoms with E-state index in [0.29, 0.717) is 16.9 Å². The summed E-state index contributed by atoms with van der Waals surface area (Å²) in [6, 6.07) is 12.1. The molecule has 0 spiro atoms. The molecular formula is C27H29N3O8. The van der Waals surface area contributed by atoms with Gasteiger partial charge in [-0.2, -0.15) is 0 Å². The van der Waals surface area contributed by atoms with Gasteiger partial charge in [-0.3, -0.25) is 19.2 Å². The van der Waals surface area contributed by atoms with Crippen LogP contribution >= 0.6 is 0 Å². The van der Waals surface area contributed by atoms with Crippen molar-refractivity contribution < 1.29 is 33.8 Å². The van der Waals surface area contributed by atoms with E-state index in [2.05, 4.69) is 16.0 Å². The average Bonchev–Trinajstić information content (AvgIpc) is 2.86. The van der Waals surface area contributed by atoms with Crippen LogP contribution in [0.25, 0.3) is 0 Å². The molecule has 0 fully saturated rings. The van der Waals surface area contributed by atoms with Crippen molar-refractivity contribution >= 4 is 29.1 Å². The highest BCUT2D eigenvalue weighted by Gasteiger charge is 2.26. The largest absolute Gasteiger partial charge is 0.504 e. The maximum Gasteiger partial charge on any atom is 0.227 e. The van der Waals surface area contributed by atoms with E-state index in [1.807, 2.05) is 0 Å². The molecule has 3 amide bonds. The molecule has 0 aliphatic heterocycles. The first-order chi connectivity index (χ1) is 18.1. The number of phenolic OH excluding ortho intramolecular Hbond substituents is 1. The predicted molar refractivity (Wildman–Crippen MR) is 140 cm³/mol. The number of benzene rings is 2. The summed E-state index contributed by atoms with van der Waals surface area (Å²) in [5.74, 6) is -2.33. The van der Waals surface area contributed by atoms with Crippen molar-refractivity contribution in [2.45, 2.75) is 32.6 Å². The molecule has 1 unspecified atom stereocenters. The molecule has 11 nitrogen and oxygen atoms in total. The minimum Gasteiger partial charge on any atom is -0.504 e. The number of phenols is 1. The Bertz CT molecular complexity index is 1380. The molecule has 1 heterocycles. The maximum absolute atomic E-state index is 12.8. The Morgan fingerprint density at radius 1 is 0.974 bits per heavy atom. The van der Waals surface area contributed by atoms with E-state index in [9.17, 15) is 29.4 Å². The molecule has 0 radical (unpaired) electrons. The van der Waals surface area contributed by atoms with Crippen LogP contribution in [0.1, 0.15) is 42.8 Å². The summed E-state index contributed by atoms with van der Waals surface area (Å²) in [6.07, 6.45) is -0.234. The predicted octanol–water partition coefficient (Wildman–Crippen LogP) is 2.99. The lowest BCUT2D eigenvalue weighted by Gasteiger charge is -2.19. The van der Waals surface area contributed by atoms with Crippen LogP contribution in [-0.2, 0) is 14.4 Å². The fraction of sp³-hybridized carbons (Fsp3) is 0.259. The number of nitrogens with one attached hydrogen (secondary N) is 3. The van der Waals surface area contributed by atoms with Gasteiger partial charge in [0, 0.05) is 43.8 Å². The topological polar surface area (TPSA) is 167 Å². The standard InChI is InChI=1S/C27H29N3O8/c1-15-12-22(33)26(36)27(38-15)20(17-4-9-21(32)23(13-17)37-3)14-25(35)28-11-10-24(34)30-19-7-5-18(6-8-19)29-16(2)31/h4-9,12-13,20,32,36H,10-11,14H2,1-3H3,(H,28,35)(H,29,31)(H,30,34). The SMILES string of the molecule is COc1cc(C(CC(=O)NCCC(=O)Nc2ccc(NC(C)=O)cc2)c2oc(C)cc(=O)c2O)ccc1O. The summed E-state index contributed by atoms with van der Waals surface area (Å²) in [5.41, 5.74) is 0.932. The summed E-state index contributed by atoms with van der Waals surface area (Å²) in [6.45, 7) is 2.97. The van der Waals surface area contributed by atoms with Crippen molar-refractivity contribution in [2.75, 3.05) is 24.3 Å². The van der Waals surface area contributed by atoms with Crippen molar-refractivity contribution in [3.05, 3.63) is 75.8 Å². The van der Waals surface area contributed by atoms with Gasteiger partial charge in [0.2, 0.25) is 28.9 Å². The van der Waals surface area contributed by atoms with E-state index in [1.54, 1.807) is 31.2 Å². The van der Waals surface area contributed by atoms with Crippen LogP contribution in [-0.4, -0.2) is 41.6 Å². The van der Waals surface area contributed by atoms with E-state index in [1.165, 1.54) is 32.2 Å². The number of anilines is 2. The van der Waals surface area contributed by atoms with Crippen LogP contribution in [0.3, 0.4) is 0 Å². The summed E-state index contributed by atoms with van der Waals surface area (Å²) in [5, 5.41) is 28.4. The van der Waals surface area contributed by atoms with Gasteiger partial charge < -0.3 is 35.3 Å². The lowest BCUT2D eigenvalue weighted by Crippen LogP contribution is -2.29. The summed E-state index contributed by atoms with van der Waals surface area (Å²) < 4.78 is 10.8. The summed E-state index contributed by atoms with van der Waals surface area (Å²) in [7, 11) is 1.37. The van der Waals surface area contributed by atoms with Gasteiger partial charge in [-0.15, -0.1) is 0 Å². The molecule has 11 heteroatoms. The minimum atomic E-state index is -0.881. The molecule has 0 saturated heterocycles. The van der Waals surface area contributed by atoms with Crippen molar-refractivity contribution in [1.82, 2.24) is 5.32 Å². The first kappa shape index (κ1) is 27.8. The highest BCUT2D eigenvalue weighted by molar-refractivity contribution is 5.92. The first-order valence-electron chi connectivity index (χ1n) is 11.7. The number of hydrogen-bond acceptors (Lipinski definition) is 8. The molecule has 1 atom stereocenters. The van der Waals surface area contributed by atoms with E-state index in [0.717, 1.165) is 6.07 Å². The molecule has 5 N–H and O–H groups in total. The fourth-order valence-corrected chi connectivity index (χ4v) is 3.77. The molecule has 200 valence electrons. The molecule has 0 aliphatic carbocycles. The maximum atomic E-state index is 12.8.